The van der Waals surface area contributed by atoms with Gasteiger partial charge >= 0.3 is 0 Å². The van der Waals surface area contributed by atoms with Gasteiger partial charge in [-0.3, -0.25) is 9.59 Å². The molecule has 7 nitrogen and oxygen atoms in total. The molecule has 1 aliphatic heterocycles. The van der Waals surface area contributed by atoms with Gasteiger partial charge in [-0.1, -0.05) is 5.16 Å². The molecule has 2 aromatic rings. The molecule has 0 N–H and O–H groups in total. The first-order chi connectivity index (χ1) is 12.0. The van der Waals surface area contributed by atoms with Gasteiger partial charge in [-0.25, -0.2) is 0 Å². The van der Waals surface area contributed by atoms with Crippen LogP contribution in [-0.2, 0) is 16.1 Å². The first-order valence-corrected chi connectivity index (χ1v) is 8.22. The number of aromatic nitrogens is 1. The molecular weight excluding hydrogens is 322 g/mol. The van der Waals surface area contributed by atoms with Crippen molar-refractivity contribution in [3.05, 3.63) is 41.8 Å². The van der Waals surface area contributed by atoms with Gasteiger partial charge in [-0.15, -0.1) is 0 Å². The lowest BCUT2D eigenvalue weighted by Gasteiger charge is -2.17. The Hall–Kier alpha value is -2.83. The zero-order valence-electron chi connectivity index (χ0n) is 14.4. The van der Waals surface area contributed by atoms with Gasteiger partial charge in [0.2, 0.25) is 5.91 Å². The summed E-state index contributed by atoms with van der Waals surface area (Å²) >= 11 is 0. The van der Waals surface area contributed by atoms with E-state index in [2.05, 4.69) is 5.16 Å². The third-order valence-electron chi connectivity index (χ3n) is 4.09. The van der Waals surface area contributed by atoms with E-state index >= 15 is 0 Å². The zero-order valence-corrected chi connectivity index (χ0v) is 14.4. The van der Waals surface area contributed by atoms with Gasteiger partial charge in [0.25, 0.3) is 5.91 Å². The zero-order chi connectivity index (χ0) is 17.8. The number of rotatable bonds is 6. The fraction of sp³-hybridized carbons (Fsp3) is 0.389. The van der Waals surface area contributed by atoms with Crippen LogP contribution in [-0.4, -0.2) is 42.1 Å². The molecule has 0 atom stereocenters. The molecule has 1 aromatic heterocycles. The Morgan fingerprint density at radius 1 is 1.36 bits per heavy atom. The van der Waals surface area contributed by atoms with E-state index in [0.717, 1.165) is 18.7 Å². The van der Waals surface area contributed by atoms with Crippen LogP contribution in [0.1, 0.15) is 24.3 Å². The van der Waals surface area contributed by atoms with Crippen molar-refractivity contribution >= 4 is 17.5 Å². The molecule has 0 saturated carbocycles. The highest BCUT2D eigenvalue weighted by molar-refractivity contribution is 5.95. The highest BCUT2D eigenvalue weighted by Crippen LogP contribution is 2.23. The lowest BCUT2D eigenvalue weighted by atomic mass is 10.3. The van der Waals surface area contributed by atoms with E-state index < -0.39 is 0 Å². The Balaban J connectivity index is 1.50. The SMILES string of the molecule is Cc1cc(CN(C)C(=O)COc2ccc(N3CCCC3=O)cc2)no1. The summed E-state index contributed by atoms with van der Waals surface area (Å²) in [5.41, 5.74) is 1.56. The van der Waals surface area contributed by atoms with Crippen LogP contribution in [0, 0.1) is 6.92 Å². The summed E-state index contributed by atoms with van der Waals surface area (Å²) < 4.78 is 10.5. The Kier molecular flexibility index (Phi) is 5.02. The van der Waals surface area contributed by atoms with E-state index in [-0.39, 0.29) is 18.4 Å². The number of hydrogen-bond donors (Lipinski definition) is 0. The van der Waals surface area contributed by atoms with Gasteiger partial charge in [-0.05, 0) is 37.6 Å². The Morgan fingerprint density at radius 2 is 2.12 bits per heavy atom. The molecule has 2 amide bonds. The number of likely N-dealkylation sites (N-methyl/N-ethyl adjacent to an activating group) is 1. The van der Waals surface area contributed by atoms with Crippen molar-refractivity contribution in [2.24, 2.45) is 0 Å². The molecule has 0 aliphatic carbocycles. The summed E-state index contributed by atoms with van der Waals surface area (Å²) in [7, 11) is 1.69. The van der Waals surface area contributed by atoms with Gasteiger partial charge < -0.3 is 19.1 Å². The minimum absolute atomic E-state index is 0.0602. The molecule has 0 unspecified atom stereocenters. The van der Waals surface area contributed by atoms with Crippen molar-refractivity contribution in [1.29, 1.82) is 0 Å². The summed E-state index contributed by atoms with van der Waals surface area (Å²) in [6.45, 7) is 2.87. The maximum atomic E-state index is 12.1. The smallest absolute Gasteiger partial charge is 0.260 e. The van der Waals surface area contributed by atoms with E-state index in [1.807, 2.05) is 12.1 Å². The fourth-order valence-electron chi connectivity index (χ4n) is 2.72. The number of benzene rings is 1. The first-order valence-electron chi connectivity index (χ1n) is 8.22. The predicted octanol–water partition coefficient (Wildman–Crippen LogP) is 2.15. The highest BCUT2D eigenvalue weighted by Gasteiger charge is 2.21. The van der Waals surface area contributed by atoms with Gasteiger partial charge in [0.15, 0.2) is 6.61 Å². The van der Waals surface area contributed by atoms with Crippen molar-refractivity contribution in [2.45, 2.75) is 26.3 Å². The van der Waals surface area contributed by atoms with Crippen molar-refractivity contribution < 1.29 is 18.8 Å². The van der Waals surface area contributed by atoms with E-state index in [0.29, 0.717) is 30.2 Å². The molecule has 0 radical (unpaired) electrons. The second-order valence-electron chi connectivity index (χ2n) is 6.11. The summed E-state index contributed by atoms with van der Waals surface area (Å²) in [5, 5.41) is 3.87. The number of amides is 2. The summed E-state index contributed by atoms with van der Waals surface area (Å²) in [6, 6.07) is 9.02. The second-order valence-corrected chi connectivity index (χ2v) is 6.11. The van der Waals surface area contributed by atoms with Crippen LogP contribution in [0.3, 0.4) is 0 Å². The maximum absolute atomic E-state index is 12.1. The number of anilines is 1. The molecule has 2 heterocycles. The quantitative estimate of drug-likeness (QED) is 0.803. The van der Waals surface area contributed by atoms with Gasteiger partial charge in [0.05, 0.1) is 6.54 Å². The predicted molar refractivity (Wildman–Crippen MR) is 91.2 cm³/mol. The molecule has 1 fully saturated rings. The van der Waals surface area contributed by atoms with E-state index in [1.54, 1.807) is 37.1 Å². The molecular formula is C18H21N3O4. The van der Waals surface area contributed by atoms with Crippen LogP contribution in [0.5, 0.6) is 5.75 Å². The first kappa shape index (κ1) is 17.0. The van der Waals surface area contributed by atoms with Crippen molar-refractivity contribution in [2.75, 3.05) is 25.1 Å². The van der Waals surface area contributed by atoms with Crippen LogP contribution in [0.25, 0.3) is 0 Å². The van der Waals surface area contributed by atoms with Gasteiger partial charge in [0.1, 0.15) is 17.2 Å². The molecule has 1 aliphatic rings. The van der Waals surface area contributed by atoms with E-state index in [4.69, 9.17) is 9.26 Å². The lowest BCUT2D eigenvalue weighted by molar-refractivity contribution is -0.132. The Morgan fingerprint density at radius 3 is 2.72 bits per heavy atom. The summed E-state index contributed by atoms with van der Waals surface area (Å²) in [5.74, 6) is 1.30. The molecule has 0 bridgehead atoms. The van der Waals surface area contributed by atoms with Crippen molar-refractivity contribution in [1.82, 2.24) is 10.1 Å². The molecule has 25 heavy (non-hydrogen) atoms. The topological polar surface area (TPSA) is 75.9 Å². The molecule has 0 spiro atoms. The molecule has 3 rings (SSSR count). The van der Waals surface area contributed by atoms with Crippen LogP contribution < -0.4 is 9.64 Å². The minimum Gasteiger partial charge on any atom is -0.484 e. The number of carbonyl (C=O) groups is 2. The largest absolute Gasteiger partial charge is 0.484 e. The number of nitrogens with zero attached hydrogens (tertiary/aromatic N) is 3. The average Bonchev–Trinajstić information content (AvgIpc) is 3.21. The van der Waals surface area contributed by atoms with Crippen molar-refractivity contribution in [3.8, 4) is 5.75 Å². The highest BCUT2D eigenvalue weighted by atomic mass is 16.5. The molecule has 1 saturated heterocycles. The van der Waals surface area contributed by atoms with Crippen LogP contribution in [0.15, 0.2) is 34.9 Å². The van der Waals surface area contributed by atoms with Crippen molar-refractivity contribution in [3.63, 3.8) is 0 Å². The van der Waals surface area contributed by atoms with E-state index in [9.17, 15) is 9.59 Å². The minimum atomic E-state index is -0.153. The summed E-state index contributed by atoms with van der Waals surface area (Å²) in [4.78, 5) is 27.2. The molecule has 7 heteroatoms. The number of hydrogen-bond acceptors (Lipinski definition) is 5. The third kappa shape index (κ3) is 4.17. The van der Waals surface area contributed by atoms with E-state index in [1.165, 1.54) is 4.90 Å². The number of aryl methyl sites for hydroxylation is 1. The molecule has 1 aromatic carbocycles. The number of carbonyl (C=O) groups excluding carboxylic acids is 2. The average molecular weight is 343 g/mol. The van der Waals surface area contributed by atoms with Crippen LogP contribution >= 0.6 is 0 Å². The third-order valence-corrected chi connectivity index (χ3v) is 4.09. The number of ether oxygens (including phenoxy) is 1. The fourth-order valence-corrected chi connectivity index (χ4v) is 2.72. The second kappa shape index (κ2) is 7.38. The van der Waals surface area contributed by atoms with Gasteiger partial charge in [0, 0.05) is 31.8 Å². The van der Waals surface area contributed by atoms with Gasteiger partial charge in [-0.2, -0.15) is 0 Å². The Labute approximate surface area is 146 Å². The standard InChI is InChI=1S/C18H21N3O4/c1-13-10-14(19-25-13)11-20(2)18(23)12-24-16-7-5-15(6-8-16)21-9-3-4-17(21)22/h5-8,10H,3-4,9,11-12H2,1-2H3. The Bertz CT molecular complexity index is 754. The van der Waals surface area contributed by atoms with Crippen LogP contribution in [0.2, 0.25) is 0 Å². The maximum Gasteiger partial charge on any atom is 0.260 e. The monoisotopic (exact) mass is 343 g/mol. The lowest BCUT2D eigenvalue weighted by Crippen LogP contribution is -2.31. The molecule has 132 valence electrons. The summed E-state index contributed by atoms with van der Waals surface area (Å²) in [6.07, 6.45) is 1.49. The van der Waals surface area contributed by atoms with Crippen LogP contribution in [0.4, 0.5) is 5.69 Å². The normalized spacial score (nSPS) is 14.0.